The molecule has 0 unspecified atom stereocenters. The van der Waals surface area contributed by atoms with Crippen LogP contribution in [-0.4, -0.2) is 29.4 Å². The zero-order valence-electron chi connectivity index (χ0n) is 9.31. The highest BCUT2D eigenvalue weighted by atomic mass is 16.6. The first kappa shape index (κ1) is 11.6. The van der Waals surface area contributed by atoms with Crippen LogP contribution in [0.1, 0.15) is 18.4 Å². The van der Waals surface area contributed by atoms with Gasteiger partial charge in [0.2, 0.25) is 0 Å². The molecule has 0 aliphatic carbocycles. The van der Waals surface area contributed by atoms with Crippen molar-refractivity contribution in [3.05, 3.63) is 17.7 Å². The second kappa shape index (κ2) is 4.95. The van der Waals surface area contributed by atoms with Gasteiger partial charge in [0.05, 0.1) is 0 Å². The third-order valence-corrected chi connectivity index (χ3v) is 2.54. The summed E-state index contributed by atoms with van der Waals surface area (Å²) in [5, 5.41) is 18.1. The van der Waals surface area contributed by atoms with Crippen molar-refractivity contribution in [1.82, 2.24) is 0 Å². The largest absolute Gasteiger partial charge is 0.508 e. The summed E-state index contributed by atoms with van der Waals surface area (Å²) in [6.45, 7) is 0.939. The summed E-state index contributed by atoms with van der Waals surface area (Å²) in [6.07, 6.45) is 1.16. The fourth-order valence-electron chi connectivity index (χ4n) is 1.83. The van der Waals surface area contributed by atoms with Gasteiger partial charge in [-0.2, -0.15) is 0 Å². The fourth-order valence-corrected chi connectivity index (χ4v) is 1.83. The van der Waals surface area contributed by atoms with Crippen LogP contribution in [0.2, 0.25) is 0 Å². The van der Waals surface area contributed by atoms with Crippen molar-refractivity contribution >= 4 is 5.97 Å². The smallest absolute Gasteiger partial charge is 0.303 e. The van der Waals surface area contributed by atoms with Crippen LogP contribution < -0.4 is 9.47 Å². The minimum Gasteiger partial charge on any atom is -0.508 e. The average Bonchev–Trinajstić information content (AvgIpc) is 2.28. The van der Waals surface area contributed by atoms with E-state index >= 15 is 0 Å². The Morgan fingerprint density at radius 1 is 1.29 bits per heavy atom. The molecule has 1 aliphatic rings. The number of carbonyl (C=O) groups is 1. The Kier molecular flexibility index (Phi) is 3.37. The highest BCUT2D eigenvalue weighted by Crippen LogP contribution is 2.38. The molecule has 2 N–H and O–H groups in total. The maximum Gasteiger partial charge on any atom is 0.303 e. The van der Waals surface area contributed by atoms with Gasteiger partial charge in [0.1, 0.15) is 19.0 Å². The van der Waals surface area contributed by atoms with Gasteiger partial charge in [0, 0.05) is 18.1 Å². The molecule has 0 saturated carbocycles. The van der Waals surface area contributed by atoms with Crippen LogP contribution in [0.25, 0.3) is 0 Å². The molecular weight excluding hydrogens is 224 g/mol. The third kappa shape index (κ3) is 2.81. The number of hydrogen-bond acceptors (Lipinski definition) is 4. The van der Waals surface area contributed by atoms with Crippen LogP contribution in [-0.2, 0) is 11.2 Å². The molecule has 0 amide bonds. The summed E-state index contributed by atoms with van der Waals surface area (Å²) in [5.41, 5.74) is 0.793. The van der Waals surface area contributed by atoms with Gasteiger partial charge in [0.15, 0.2) is 11.5 Å². The number of benzene rings is 1. The molecule has 17 heavy (non-hydrogen) atoms. The van der Waals surface area contributed by atoms with Crippen molar-refractivity contribution in [3.8, 4) is 17.2 Å². The minimum absolute atomic E-state index is 0.102. The maximum atomic E-state index is 10.4. The Morgan fingerprint density at radius 2 is 2.06 bits per heavy atom. The predicted molar refractivity (Wildman–Crippen MR) is 59.7 cm³/mol. The van der Waals surface area contributed by atoms with E-state index in [2.05, 4.69) is 0 Å². The van der Waals surface area contributed by atoms with E-state index in [0.29, 0.717) is 37.6 Å². The number of fused-ring (bicyclic) bond motifs is 1. The molecule has 1 aromatic carbocycles. The van der Waals surface area contributed by atoms with E-state index in [0.717, 1.165) is 5.56 Å². The number of aryl methyl sites for hydroxylation is 1. The maximum absolute atomic E-state index is 10.4. The number of aromatic hydroxyl groups is 1. The molecule has 5 nitrogen and oxygen atoms in total. The van der Waals surface area contributed by atoms with Crippen molar-refractivity contribution in [3.63, 3.8) is 0 Å². The van der Waals surface area contributed by atoms with Crippen molar-refractivity contribution in [2.24, 2.45) is 0 Å². The Bertz CT molecular complexity index is 427. The molecule has 0 atom stereocenters. The molecule has 0 fully saturated rings. The Hall–Kier alpha value is -1.91. The lowest BCUT2D eigenvalue weighted by molar-refractivity contribution is -0.137. The summed E-state index contributed by atoms with van der Waals surface area (Å²) < 4.78 is 10.9. The number of phenols is 1. The zero-order valence-corrected chi connectivity index (χ0v) is 9.31. The number of ether oxygens (including phenoxy) is 2. The third-order valence-electron chi connectivity index (χ3n) is 2.54. The lowest BCUT2D eigenvalue weighted by atomic mass is 10.1. The Morgan fingerprint density at radius 3 is 2.82 bits per heavy atom. The lowest BCUT2D eigenvalue weighted by Crippen LogP contribution is -2.16. The standard InChI is InChI=1S/C12H14O5/c13-9-6-8(2-1-3-11(14)15)12-10(7-9)16-4-5-17-12/h6-7,13H,1-5H2,(H,14,15). The molecule has 5 heteroatoms. The van der Waals surface area contributed by atoms with Crippen molar-refractivity contribution < 1.29 is 24.5 Å². The van der Waals surface area contributed by atoms with Crippen LogP contribution in [0.15, 0.2) is 12.1 Å². The highest BCUT2D eigenvalue weighted by Gasteiger charge is 2.17. The van der Waals surface area contributed by atoms with Gasteiger partial charge in [-0.1, -0.05) is 0 Å². The number of carboxylic acids is 1. The molecule has 1 aromatic rings. The molecule has 0 aromatic heterocycles. The van der Waals surface area contributed by atoms with Gasteiger partial charge in [0.25, 0.3) is 0 Å². The lowest BCUT2D eigenvalue weighted by Gasteiger charge is -2.21. The Balaban J connectivity index is 2.14. The van der Waals surface area contributed by atoms with E-state index in [4.69, 9.17) is 14.6 Å². The van der Waals surface area contributed by atoms with E-state index < -0.39 is 5.97 Å². The second-order valence-electron chi connectivity index (χ2n) is 3.88. The van der Waals surface area contributed by atoms with Crippen LogP contribution in [0.5, 0.6) is 17.2 Å². The second-order valence-corrected chi connectivity index (χ2v) is 3.88. The first-order valence-corrected chi connectivity index (χ1v) is 5.50. The minimum atomic E-state index is -0.823. The van der Waals surface area contributed by atoms with Crippen molar-refractivity contribution in [2.45, 2.75) is 19.3 Å². The topological polar surface area (TPSA) is 76.0 Å². The van der Waals surface area contributed by atoms with E-state index in [-0.39, 0.29) is 12.2 Å². The first-order chi connectivity index (χ1) is 8.16. The molecular formula is C12H14O5. The summed E-state index contributed by atoms with van der Waals surface area (Å²) in [6, 6.07) is 3.10. The van der Waals surface area contributed by atoms with Crippen LogP contribution >= 0.6 is 0 Å². The SMILES string of the molecule is O=C(O)CCCc1cc(O)cc2c1OCCO2. The molecule has 2 rings (SSSR count). The Labute approximate surface area is 98.6 Å². The van der Waals surface area contributed by atoms with Crippen LogP contribution in [0.3, 0.4) is 0 Å². The first-order valence-electron chi connectivity index (χ1n) is 5.50. The number of aliphatic carboxylic acids is 1. The van der Waals surface area contributed by atoms with Gasteiger partial charge < -0.3 is 19.7 Å². The highest BCUT2D eigenvalue weighted by molar-refractivity contribution is 5.66. The molecule has 0 spiro atoms. The molecule has 92 valence electrons. The quantitative estimate of drug-likeness (QED) is 0.832. The number of carboxylic acid groups (broad SMARTS) is 1. The predicted octanol–water partition coefficient (Wildman–Crippen LogP) is 1.57. The fraction of sp³-hybridized carbons (Fsp3) is 0.417. The average molecular weight is 238 g/mol. The monoisotopic (exact) mass is 238 g/mol. The summed E-state index contributed by atoms with van der Waals surface area (Å²) >= 11 is 0. The molecule has 0 bridgehead atoms. The number of phenolic OH excluding ortho intramolecular Hbond substituents is 1. The van der Waals surface area contributed by atoms with Crippen molar-refractivity contribution in [1.29, 1.82) is 0 Å². The van der Waals surface area contributed by atoms with Crippen LogP contribution in [0.4, 0.5) is 0 Å². The van der Waals surface area contributed by atoms with Gasteiger partial charge in [-0.3, -0.25) is 4.79 Å². The van der Waals surface area contributed by atoms with E-state index in [1.165, 1.54) is 6.07 Å². The van der Waals surface area contributed by atoms with Gasteiger partial charge in [-0.15, -0.1) is 0 Å². The molecule has 0 radical (unpaired) electrons. The van der Waals surface area contributed by atoms with Gasteiger partial charge in [-0.25, -0.2) is 0 Å². The van der Waals surface area contributed by atoms with Crippen molar-refractivity contribution in [2.75, 3.05) is 13.2 Å². The summed E-state index contributed by atoms with van der Waals surface area (Å²) in [7, 11) is 0. The van der Waals surface area contributed by atoms with Gasteiger partial charge >= 0.3 is 5.97 Å². The normalized spacial score (nSPS) is 13.4. The number of rotatable bonds is 4. The molecule has 1 heterocycles. The van der Waals surface area contributed by atoms with E-state index in [9.17, 15) is 9.90 Å². The summed E-state index contributed by atoms with van der Waals surface area (Å²) in [5.74, 6) is 0.441. The molecule has 0 saturated heterocycles. The van der Waals surface area contributed by atoms with E-state index in [1.807, 2.05) is 0 Å². The zero-order chi connectivity index (χ0) is 12.3. The number of hydrogen-bond donors (Lipinski definition) is 2. The molecule has 1 aliphatic heterocycles. The summed E-state index contributed by atoms with van der Waals surface area (Å²) in [4.78, 5) is 10.4. The van der Waals surface area contributed by atoms with Crippen LogP contribution in [0, 0.1) is 0 Å². The van der Waals surface area contributed by atoms with Gasteiger partial charge in [-0.05, 0) is 18.9 Å². The van der Waals surface area contributed by atoms with E-state index in [1.54, 1.807) is 6.07 Å².